The standard InChI is InChI=1S/C19H22N2O3/c1-14-5-3-4-6-17(14)20-9-11-21(12-10-20)19(23)16-8-7-15(24-2)13-18(16)22/h3-8,13,22H,9-12H2,1-2H3. The molecule has 1 amide bonds. The second kappa shape index (κ2) is 6.83. The lowest BCUT2D eigenvalue weighted by atomic mass is 10.1. The summed E-state index contributed by atoms with van der Waals surface area (Å²) in [7, 11) is 1.53. The van der Waals surface area contributed by atoms with Crippen molar-refractivity contribution in [2.45, 2.75) is 6.92 Å². The van der Waals surface area contributed by atoms with Gasteiger partial charge < -0.3 is 19.6 Å². The van der Waals surface area contributed by atoms with E-state index in [0.717, 1.165) is 13.1 Å². The van der Waals surface area contributed by atoms with E-state index >= 15 is 0 Å². The number of benzene rings is 2. The zero-order valence-electron chi connectivity index (χ0n) is 14.0. The van der Waals surface area contributed by atoms with Crippen molar-refractivity contribution in [2.75, 3.05) is 38.2 Å². The van der Waals surface area contributed by atoms with E-state index in [4.69, 9.17) is 4.74 Å². The van der Waals surface area contributed by atoms with Gasteiger partial charge in [-0.15, -0.1) is 0 Å². The van der Waals surface area contributed by atoms with Gasteiger partial charge in [-0.1, -0.05) is 18.2 Å². The van der Waals surface area contributed by atoms with Crippen molar-refractivity contribution in [3.05, 3.63) is 53.6 Å². The van der Waals surface area contributed by atoms with Gasteiger partial charge in [0.15, 0.2) is 0 Å². The van der Waals surface area contributed by atoms with Gasteiger partial charge in [0, 0.05) is 37.9 Å². The molecule has 0 spiro atoms. The number of hydrogen-bond donors (Lipinski definition) is 1. The zero-order chi connectivity index (χ0) is 17.1. The molecule has 126 valence electrons. The van der Waals surface area contributed by atoms with Crippen molar-refractivity contribution in [2.24, 2.45) is 0 Å². The molecule has 0 unspecified atom stereocenters. The molecule has 0 radical (unpaired) electrons. The molecule has 1 heterocycles. The van der Waals surface area contributed by atoms with E-state index in [1.807, 2.05) is 12.1 Å². The van der Waals surface area contributed by atoms with Gasteiger partial charge in [0.1, 0.15) is 11.5 Å². The smallest absolute Gasteiger partial charge is 0.257 e. The van der Waals surface area contributed by atoms with E-state index in [0.29, 0.717) is 24.4 Å². The van der Waals surface area contributed by atoms with E-state index in [9.17, 15) is 9.90 Å². The number of ether oxygens (including phenoxy) is 1. The van der Waals surface area contributed by atoms with Crippen molar-refractivity contribution in [1.29, 1.82) is 0 Å². The fourth-order valence-electron chi connectivity index (χ4n) is 3.06. The summed E-state index contributed by atoms with van der Waals surface area (Å²) >= 11 is 0. The van der Waals surface area contributed by atoms with Crippen molar-refractivity contribution in [1.82, 2.24) is 4.90 Å². The molecule has 2 aromatic carbocycles. The summed E-state index contributed by atoms with van der Waals surface area (Å²) in [5, 5.41) is 10.1. The molecular formula is C19H22N2O3. The third-order valence-corrected chi connectivity index (χ3v) is 4.46. The Morgan fingerprint density at radius 2 is 1.79 bits per heavy atom. The minimum atomic E-state index is -0.139. The van der Waals surface area contributed by atoms with Gasteiger partial charge in [-0.05, 0) is 30.7 Å². The Balaban J connectivity index is 1.68. The largest absolute Gasteiger partial charge is 0.507 e. The number of rotatable bonds is 3. The Morgan fingerprint density at radius 3 is 2.42 bits per heavy atom. The van der Waals surface area contributed by atoms with E-state index in [2.05, 4.69) is 24.0 Å². The Hall–Kier alpha value is -2.69. The van der Waals surface area contributed by atoms with Crippen LogP contribution in [0.5, 0.6) is 11.5 Å². The van der Waals surface area contributed by atoms with Gasteiger partial charge in [-0.25, -0.2) is 0 Å². The summed E-state index contributed by atoms with van der Waals surface area (Å²) in [5.74, 6) is 0.355. The molecule has 2 aromatic rings. The van der Waals surface area contributed by atoms with Crippen LogP contribution in [0.3, 0.4) is 0 Å². The van der Waals surface area contributed by atoms with Gasteiger partial charge >= 0.3 is 0 Å². The first kappa shape index (κ1) is 16.2. The SMILES string of the molecule is COc1ccc(C(=O)N2CCN(c3ccccc3C)CC2)c(O)c1. The molecule has 0 saturated carbocycles. The van der Waals surface area contributed by atoms with E-state index in [-0.39, 0.29) is 11.7 Å². The Morgan fingerprint density at radius 1 is 1.08 bits per heavy atom. The maximum absolute atomic E-state index is 12.6. The summed E-state index contributed by atoms with van der Waals surface area (Å²) in [6.45, 7) is 4.94. The normalized spacial score (nSPS) is 14.6. The van der Waals surface area contributed by atoms with Crippen LogP contribution in [-0.2, 0) is 0 Å². The maximum atomic E-state index is 12.6. The van der Waals surface area contributed by atoms with Crippen molar-refractivity contribution in [3.8, 4) is 11.5 Å². The first-order valence-electron chi connectivity index (χ1n) is 8.07. The fourth-order valence-corrected chi connectivity index (χ4v) is 3.06. The lowest BCUT2D eigenvalue weighted by molar-refractivity contribution is 0.0743. The number of hydrogen-bond acceptors (Lipinski definition) is 4. The number of para-hydroxylation sites is 1. The fraction of sp³-hybridized carbons (Fsp3) is 0.316. The topological polar surface area (TPSA) is 53.0 Å². The predicted octanol–water partition coefficient (Wildman–Crippen LogP) is 2.67. The number of carbonyl (C=O) groups is 1. The molecule has 1 aliphatic heterocycles. The van der Waals surface area contributed by atoms with Crippen LogP contribution in [-0.4, -0.2) is 49.2 Å². The van der Waals surface area contributed by atoms with Crippen LogP contribution in [0, 0.1) is 6.92 Å². The van der Waals surface area contributed by atoms with Crippen LogP contribution in [0.1, 0.15) is 15.9 Å². The van der Waals surface area contributed by atoms with E-state index < -0.39 is 0 Å². The molecular weight excluding hydrogens is 304 g/mol. The molecule has 0 aliphatic carbocycles. The average molecular weight is 326 g/mol. The highest BCUT2D eigenvalue weighted by molar-refractivity contribution is 5.97. The number of aromatic hydroxyl groups is 1. The third kappa shape index (κ3) is 3.15. The zero-order valence-corrected chi connectivity index (χ0v) is 14.0. The lowest BCUT2D eigenvalue weighted by Crippen LogP contribution is -2.49. The Kier molecular flexibility index (Phi) is 4.60. The molecule has 24 heavy (non-hydrogen) atoms. The number of amides is 1. The quantitative estimate of drug-likeness (QED) is 0.942. The van der Waals surface area contributed by atoms with Crippen molar-refractivity contribution >= 4 is 11.6 Å². The highest BCUT2D eigenvalue weighted by Crippen LogP contribution is 2.26. The monoisotopic (exact) mass is 326 g/mol. The number of phenols is 1. The van der Waals surface area contributed by atoms with E-state index in [1.165, 1.54) is 24.4 Å². The van der Waals surface area contributed by atoms with Crippen LogP contribution < -0.4 is 9.64 Å². The molecule has 5 nitrogen and oxygen atoms in total. The number of aryl methyl sites for hydroxylation is 1. The van der Waals surface area contributed by atoms with Gasteiger partial charge in [0.05, 0.1) is 12.7 Å². The number of anilines is 1. The van der Waals surface area contributed by atoms with E-state index in [1.54, 1.807) is 17.0 Å². The van der Waals surface area contributed by atoms with Crippen molar-refractivity contribution < 1.29 is 14.6 Å². The number of phenolic OH excluding ortho intramolecular Hbond substituents is 1. The molecule has 5 heteroatoms. The minimum Gasteiger partial charge on any atom is -0.507 e. The number of methoxy groups -OCH3 is 1. The molecule has 1 saturated heterocycles. The molecule has 0 atom stereocenters. The molecule has 0 aromatic heterocycles. The number of nitrogens with zero attached hydrogens (tertiary/aromatic N) is 2. The summed E-state index contributed by atoms with van der Waals surface area (Å²) in [4.78, 5) is 16.7. The van der Waals surface area contributed by atoms with Gasteiger partial charge in [-0.2, -0.15) is 0 Å². The van der Waals surface area contributed by atoms with Crippen LogP contribution in [0.25, 0.3) is 0 Å². The Labute approximate surface area is 142 Å². The summed E-state index contributed by atoms with van der Waals surface area (Å²) in [6.07, 6.45) is 0. The molecule has 3 rings (SSSR count). The minimum absolute atomic E-state index is 0.0410. The molecule has 1 fully saturated rings. The first-order valence-corrected chi connectivity index (χ1v) is 8.07. The second-order valence-corrected chi connectivity index (χ2v) is 5.95. The second-order valence-electron chi connectivity index (χ2n) is 5.95. The maximum Gasteiger partial charge on any atom is 0.257 e. The predicted molar refractivity (Wildman–Crippen MR) is 94.0 cm³/mol. The summed E-state index contributed by atoms with van der Waals surface area (Å²) in [5.41, 5.74) is 2.78. The number of piperazine rings is 1. The van der Waals surface area contributed by atoms with Gasteiger partial charge in [-0.3, -0.25) is 4.79 Å². The van der Waals surface area contributed by atoms with Crippen LogP contribution in [0.15, 0.2) is 42.5 Å². The number of carbonyl (C=O) groups excluding carboxylic acids is 1. The third-order valence-electron chi connectivity index (χ3n) is 4.46. The van der Waals surface area contributed by atoms with Gasteiger partial charge in [0.25, 0.3) is 5.91 Å². The average Bonchev–Trinajstić information content (AvgIpc) is 2.61. The van der Waals surface area contributed by atoms with Gasteiger partial charge in [0.2, 0.25) is 0 Å². The van der Waals surface area contributed by atoms with Crippen molar-refractivity contribution in [3.63, 3.8) is 0 Å². The summed E-state index contributed by atoms with van der Waals surface area (Å²) < 4.78 is 5.06. The van der Waals surface area contributed by atoms with Crippen LogP contribution >= 0.6 is 0 Å². The van der Waals surface area contributed by atoms with Crippen LogP contribution in [0.4, 0.5) is 5.69 Å². The Bertz CT molecular complexity index is 737. The first-order chi connectivity index (χ1) is 11.6. The highest BCUT2D eigenvalue weighted by Gasteiger charge is 2.24. The molecule has 0 bridgehead atoms. The highest BCUT2D eigenvalue weighted by atomic mass is 16.5. The molecule has 1 N–H and O–H groups in total. The molecule has 1 aliphatic rings. The lowest BCUT2D eigenvalue weighted by Gasteiger charge is -2.36. The van der Waals surface area contributed by atoms with Crippen LogP contribution in [0.2, 0.25) is 0 Å². The summed E-state index contributed by atoms with van der Waals surface area (Å²) in [6, 6.07) is 13.1.